The highest BCUT2D eigenvalue weighted by molar-refractivity contribution is 5.77. The second-order valence-corrected chi connectivity index (χ2v) is 3.94. The van der Waals surface area contributed by atoms with E-state index in [1.54, 1.807) is 6.20 Å². The van der Waals surface area contributed by atoms with Crippen molar-refractivity contribution in [3.63, 3.8) is 0 Å². The lowest BCUT2D eigenvalue weighted by molar-refractivity contribution is 0.608. The van der Waals surface area contributed by atoms with E-state index in [4.69, 9.17) is 10.2 Å². The molecular formula is C13H11N3O. The molecule has 0 atom stereocenters. The molecule has 0 saturated heterocycles. The third-order valence-electron chi connectivity index (χ3n) is 2.61. The summed E-state index contributed by atoms with van der Waals surface area (Å²) in [5, 5.41) is 0. The molecule has 0 aliphatic carbocycles. The SMILES string of the molecule is Cc1ccc(N)c(-c2nc3cccnc3o2)c1. The van der Waals surface area contributed by atoms with E-state index < -0.39 is 0 Å². The number of aryl methyl sites for hydroxylation is 1. The minimum absolute atomic E-state index is 0.514. The van der Waals surface area contributed by atoms with Crippen LogP contribution in [0.5, 0.6) is 0 Å². The van der Waals surface area contributed by atoms with Crippen LogP contribution in [0.3, 0.4) is 0 Å². The number of fused-ring (bicyclic) bond motifs is 1. The van der Waals surface area contributed by atoms with Crippen molar-refractivity contribution in [3.8, 4) is 11.5 Å². The molecule has 0 amide bonds. The average molecular weight is 225 g/mol. The van der Waals surface area contributed by atoms with Crippen LogP contribution in [0.2, 0.25) is 0 Å². The zero-order valence-electron chi connectivity index (χ0n) is 9.34. The first-order valence-electron chi connectivity index (χ1n) is 5.32. The van der Waals surface area contributed by atoms with Gasteiger partial charge in [0.25, 0.3) is 0 Å². The Hall–Kier alpha value is -2.36. The van der Waals surface area contributed by atoms with Crippen LogP contribution in [-0.2, 0) is 0 Å². The molecular weight excluding hydrogens is 214 g/mol. The third-order valence-corrected chi connectivity index (χ3v) is 2.61. The summed E-state index contributed by atoms with van der Waals surface area (Å²) in [5.74, 6) is 0.514. The van der Waals surface area contributed by atoms with E-state index in [9.17, 15) is 0 Å². The maximum Gasteiger partial charge on any atom is 0.247 e. The molecule has 0 aliphatic heterocycles. The maximum absolute atomic E-state index is 5.92. The van der Waals surface area contributed by atoms with Crippen LogP contribution in [0, 0.1) is 6.92 Å². The molecule has 2 aromatic heterocycles. The van der Waals surface area contributed by atoms with E-state index in [-0.39, 0.29) is 0 Å². The minimum atomic E-state index is 0.514. The van der Waals surface area contributed by atoms with E-state index in [0.29, 0.717) is 17.3 Å². The van der Waals surface area contributed by atoms with E-state index in [1.807, 2.05) is 37.3 Å². The first-order chi connectivity index (χ1) is 8.24. The summed E-state index contributed by atoms with van der Waals surface area (Å²) in [6.45, 7) is 2.00. The normalized spacial score (nSPS) is 10.9. The predicted octanol–water partition coefficient (Wildman–Crippen LogP) is 2.78. The van der Waals surface area contributed by atoms with Gasteiger partial charge in [-0.05, 0) is 31.2 Å². The monoisotopic (exact) mass is 225 g/mol. The van der Waals surface area contributed by atoms with Gasteiger partial charge in [0.15, 0.2) is 0 Å². The highest BCUT2D eigenvalue weighted by atomic mass is 16.4. The number of oxazole rings is 1. The molecule has 1 aromatic carbocycles. The lowest BCUT2D eigenvalue weighted by Crippen LogP contribution is -1.90. The van der Waals surface area contributed by atoms with Crippen molar-refractivity contribution in [1.82, 2.24) is 9.97 Å². The number of hydrogen-bond acceptors (Lipinski definition) is 4. The molecule has 0 saturated carbocycles. The third kappa shape index (κ3) is 1.63. The molecule has 0 unspecified atom stereocenters. The molecule has 3 aromatic rings. The standard InChI is InChI=1S/C13H11N3O/c1-8-4-5-10(14)9(7-8)12-16-11-3-2-6-15-13(11)17-12/h2-7H,14H2,1H3. The zero-order chi connectivity index (χ0) is 11.8. The number of anilines is 1. The van der Waals surface area contributed by atoms with E-state index in [2.05, 4.69) is 9.97 Å². The van der Waals surface area contributed by atoms with Gasteiger partial charge in [0.1, 0.15) is 5.52 Å². The van der Waals surface area contributed by atoms with Gasteiger partial charge in [-0.2, -0.15) is 0 Å². The van der Waals surface area contributed by atoms with Crippen molar-refractivity contribution in [2.24, 2.45) is 0 Å². The fraction of sp³-hybridized carbons (Fsp3) is 0.0769. The van der Waals surface area contributed by atoms with Crippen molar-refractivity contribution in [2.45, 2.75) is 6.92 Å². The lowest BCUT2D eigenvalue weighted by atomic mass is 10.1. The summed E-state index contributed by atoms with van der Waals surface area (Å²) < 4.78 is 5.59. The molecule has 4 nitrogen and oxygen atoms in total. The molecule has 3 rings (SSSR count). The van der Waals surface area contributed by atoms with Gasteiger partial charge in [0, 0.05) is 11.9 Å². The van der Waals surface area contributed by atoms with Crippen LogP contribution in [0.1, 0.15) is 5.56 Å². The van der Waals surface area contributed by atoms with Crippen molar-refractivity contribution in [1.29, 1.82) is 0 Å². The molecule has 84 valence electrons. The smallest absolute Gasteiger partial charge is 0.247 e. The first-order valence-corrected chi connectivity index (χ1v) is 5.32. The number of nitrogens with zero attached hydrogens (tertiary/aromatic N) is 2. The number of nitrogen functional groups attached to an aromatic ring is 1. The van der Waals surface area contributed by atoms with Gasteiger partial charge < -0.3 is 10.2 Å². The molecule has 0 bridgehead atoms. The molecule has 0 spiro atoms. The van der Waals surface area contributed by atoms with Gasteiger partial charge in [-0.25, -0.2) is 9.97 Å². The van der Waals surface area contributed by atoms with Gasteiger partial charge in [-0.15, -0.1) is 0 Å². The largest absolute Gasteiger partial charge is 0.418 e. The maximum atomic E-state index is 5.92. The topological polar surface area (TPSA) is 64.9 Å². The minimum Gasteiger partial charge on any atom is -0.418 e. The molecule has 0 aliphatic rings. The molecule has 17 heavy (non-hydrogen) atoms. The summed E-state index contributed by atoms with van der Waals surface area (Å²) in [6, 6.07) is 9.46. The number of aromatic nitrogens is 2. The van der Waals surface area contributed by atoms with E-state index in [0.717, 1.165) is 16.6 Å². The summed E-state index contributed by atoms with van der Waals surface area (Å²) in [5.41, 5.74) is 9.77. The van der Waals surface area contributed by atoms with Crippen LogP contribution < -0.4 is 5.73 Å². The van der Waals surface area contributed by atoms with Crippen molar-refractivity contribution in [2.75, 3.05) is 5.73 Å². The Morgan fingerprint density at radius 2 is 2.12 bits per heavy atom. The molecule has 4 heteroatoms. The summed E-state index contributed by atoms with van der Waals surface area (Å²) >= 11 is 0. The van der Waals surface area contributed by atoms with Gasteiger partial charge in [-0.3, -0.25) is 0 Å². The number of pyridine rings is 1. The predicted molar refractivity (Wildman–Crippen MR) is 66.4 cm³/mol. The molecule has 0 fully saturated rings. The van der Waals surface area contributed by atoms with Crippen LogP contribution in [0.15, 0.2) is 40.9 Å². The number of nitrogens with two attached hydrogens (primary N) is 1. The summed E-state index contributed by atoms with van der Waals surface area (Å²) in [6.07, 6.45) is 1.68. The molecule has 0 radical (unpaired) electrons. The average Bonchev–Trinajstić information content (AvgIpc) is 2.75. The molecule has 2 heterocycles. The van der Waals surface area contributed by atoms with Crippen molar-refractivity contribution >= 4 is 16.9 Å². The highest BCUT2D eigenvalue weighted by Crippen LogP contribution is 2.28. The zero-order valence-corrected chi connectivity index (χ0v) is 9.34. The van der Waals surface area contributed by atoms with E-state index in [1.165, 1.54) is 0 Å². The lowest BCUT2D eigenvalue weighted by Gasteiger charge is -2.01. The number of hydrogen-bond donors (Lipinski definition) is 1. The van der Waals surface area contributed by atoms with Crippen LogP contribution in [0.25, 0.3) is 22.7 Å². The number of benzene rings is 1. The van der Waals surface area contributed by atoms with Gasteiger partial charge >= 0.3 is 0 Å². The van der Waals surface area contributed by atoms with Crippen molar-refractivity contribution < 1.29 is 4.42 Å². The Kier molecular flexibility index (Phi) is 2.08. The fourth-order valence-corrected chi connectivity index (χ4v) is 1.74. The highest BCUT2D eigenvalue weighted by Gasteiger charge is 2.11. The Bertz CT molecular complexity index is 655. The fourth-order valence-electron chi connectivity index (χ4n) is 1.74. The van der Waals surface area contributed by atoms with Crippen LogP contribution in [0.4, 0.5) is 5.69 Å². The Morgan fingerprint density at radius 3 is 2.94 bits per heavy atom. The van der Waals surface area contributed by atoms with Crippen LogP contribution >= 0.6 is 0 Å². The Morgan fingerprint density at radius 1 is 1.24 bits per heavy atom. The second-order valence-electron chi connectivity index (χ2n) is 3.94. The summed E-state index contributed by atoms with van der Waals surface area (Å²) in [4.78, 5) is 8.49. The summed E-state index contributed by atoms with van der Waals surface area (Å²) in [7, 11) is 0. The second kappa shape index (κ2) is 3.59. The van der Waals surface area contributed by atoms with Crippen LogP contribution in [-0.4, -0.2) is 9.97 Å². The van der Waals surface area contributed by atoms with Gasteiger partial charge in [-0.1, -0.05) is 11.6 Å². The van der Waals surface area contributed by atoms with Gasteiger partial charge in [0.2, 0.25) is 11.6 Å². The number of rotatable bonds is 1. The first kappa shape index (κ1) is 9.84. The van der Waals surface area contributed by atoms with Crippen molar-refractivity contribution in [3.05, 3.63) is 42.1 Å². The molecule has 2 N–H and O–H groups in total. The Labute approximate surface area is 98.1 Å². The quantitative estimate of drug-likeness (QED) is 0.647. The Balaban J connectivity index is 2.23. The van der Waals surface area contributed by atoms with Gasteiger partial charge in [0.05, 0.1) is 5.56 Å². The van der Waals surface area contributed by atoms with E-state index >= 15 is 0 Å².